The van der Waals surface area contributed by atoms with Gasteiger partial charge in [0.15, 0.2) is 11.3 Å². The van der Waals surface area contributed by atoms with Gasteiger partial charge in [-0.15, -0.1) is 0 Å². The number of halogens is 1. The first-order valence-corrected chi connectivity index (χ1v) is 8.12. The fourth-order valence-corrected chi connectivity index (χ4v) is 3.46. The largest absolute Gasteiger partial charge is 0.449 e. The number of benzene rings is 2. The number of furan rings is 1. The van der Waals surface area contributed by atoms with Crippen molar-refractivity contribution in [1.82, 2.24) is 0 Å². The number of nitrogens with zero attached hydrogens (tertiary/aromatic N) is 2. The fraction of sp³-hybridized carbons (Fsp3) is 0.167. The summed E-state index contributed by atoms with van der Waals surface area (Å²) in [6.45, 7) is 2.28. The average molecular weight is 357 g/mol. The molecule has 0 radical (unpaired) electrons. The molecule has 1 aliphatic heterocycles. The van der Waals surface area contributed by atoms with E-state index in [0.29, 0.717) is 29.3 Å². The van der Waals surface area contributed by atoms with Crippen molar-refractivity contribution < 1.29 is 14.1 Å². The van der Waals surface area contributed by atoms with E-state index in [2.05, 4.69) is 0 Å². The van der Waals surface area contributed by atoms with Gasteiger partial charge in [0.2, 0.25) is 0 Å². The maximum atomic E-state index is 13.0. The Bertz CT molecular complexity index is 1040. The van der Waals surface area contributed by atoms with Crippen molar-refractivity contribution in [2.24, 2.45) is 0 Å². The number of hydrogen-bond donors (Lipinski definition) is 0. The van der Waals surface area contributed by atoms with Crippen molar-refractivity contribution >= 4 is 39.9 Å². The molecule has 0 saturated carbocycles. The number of hydrogen-bond acceptors (Lipinski definition) is 4. The lowest BCUT2D eigenvalue weighted by Crippen LogP contribution is -2.29. The van der Waals surface area contributed by atoms with Gasteiger partial charge in [-0.2, -0.15) is 0 Å². The fourth-order valence-electron chi connectivity index (χ4n) is 3.25. The molecular formula is C18H13ClN2O4. The topological polar surface area (TPSA) is 76.6 Å². The SMILES string of the molecule is Cc1c(C(=O)N2CCc3cc([N+](=O)[O-])ccc32)oc2c(Cl)cccc12. The van der Waals surface area contributed by atoms with E-state index in [-0.39, 0.29) is 17.4 Å². The maximum absolute atomic E-state index is 13.0. The van der Waals surface area contributed by atoms with Crippen LogP contribution in [0.25, 0.3) is 11.0 Å². The van der Waals surface area contributed by atoms with Gasteiger partial charge in [0.25, 0.3) is 11.6 Å². The standard InChI is InChI=1S/C18H13ClN2O4/c1-10-13-3-2-4-14(19)17(13)25-16(10)18(22)20-8-7-11-9-12(21(23)24)5-6-15(11)20/h2-6,9H,7-8H2,1H3. The van der Waals surface area contributed by atoms with Crippen LogP contribution in [0.2, 0.25) is 5.02 Å². The van der Waals surface area contributed by atoms with Crippen LogP contribution in [0.15, 0.2) is 40.8 Å². The van der Waals surface area contributed by atoms with Crippen LogP contribution in [0.4, 0.5) is 11.4 Å². The Labute approximate surface area is 147 Å². The van der Waals surface area contributed by atoms with Crippen LogP contribution in [-0.2, 0) is 6.42 Å². The summed E-state index contributed by atoms with van der Waals surface area (Å²) in [6.07, 6.45) is 0.572. The van der Waals surface area contributed by atoms with Crippen LogP contribution in [0.3, 0.4) is 0 Å². The monoisotopic (exact) mass is 356 g/mol. The third kappa shape index (κ3) is 2.37. The van der Waals surface area contributed by atoms with Gasteiger partial charge in [0.05, 0.1) is 9.95 Å². The van der Waals surface area contributed by atoms with Gasteiger partial charge in [-0.25, -0.2) is 0 Å². The second-order valence-electron chi connectivity index (χ2n) is 5.95. The van der Waals surface area contributed by atoms with Gasteiger partial charge in [0.1, 0.15) is 0 Å². The molecule has 126 valence electrons. The van der Waals surface area contributed by atoms with E-state index >= 15 is 0 Å². The molecular weight excluding hydrogens is 344 g/mol. The number of anilines is 1. The Morgan fingerprint density at radius 3 is 2.84 bits per heavy atom. The van der Waals surface area contributed by atoms with Crippen molar-refractivity contribution in [1.29, 1.82) is 0 Å². The van der Waals surface area contributed by atoms with Crippen LogP contribution < -0.4 is 4.90 Å². The Morgan fingerprint density at radius 1 is 1.32 bits per heavy atom. The molecule has 6 nitrogen and oxygen atoms in total. The number of rotatable bonds is 2. The molecule has 0 fully saturated rings. The summed E-state index contributed by atoms with van der Waals surface area (Å²) in [7, 11) is 0. The van der Waals surface area contributed by atoms with Crippen LogP contribution in [0.1, 0.15) is 21.7 Å². The quantitative estimate of drug-likeness (QED) is 0.500. The first-order chi connectivity index (χ1) is 12.0. The number of amides is 1. The highest BCUT2D eigenvalue weighted by Crippen LogP contribution is 2.35. The summed E-state index contributed by atoms with van der Waals surface area (Å²) in [5.41, 5.74) is 2.72. The molecule has 4 rings (SSSR count). The zero-order chi connectivity index (χ0) is 17.7. The smallest absolute Gasteiger partial charge is 0.294 e. The lowest BCUT2D eigenvalue weighted by molar-refractivity contribution is -0.384. The molecule has 3 aromatic rings. The lowest BCUT2D eigenvalue weighted by Gasteiger charge is -2.16. The molecule has 0 spiro atoms. The Hall–Kier alpha value is -2.86. The van der Waals surface area contributed by atoms with Crippen molar-refractivity contribution in [2.45, 2.75) is 13.3 Å². The summed E-state index contributed by atoms with van der Waals surface area (Å²) in [4.78, 5) is 25.1. The summed E-state index contributed by atoms with van der Waals surface area (Å²) in [5.74, 6) is -0.0216. The van der Waals surface area contributed by atoms with Gasteiger partial charge < -0.3 is 9.32 Å². The second-order valence-corrected chi connectivity index (χ2v) is 6.36. The Morgan fingerprint density at radius 2 is 2.12 bits per heavy atom. The highest BCUT2D eigenvalue weighted by atomic mass is 35.5. The molecule has 25 heavy (non-hydrogen) atoms. The second kappa shape index (κ2) is 5.60. The van der Waals surface area contributed by atoms with Crippen LogP contribution >= 0.6 is 11.6 Å². The molecule has 0 unspecified atom stereocenters. The van der Waals surface area contributed by atoms with E-state index < -0.39 is 4.92 Å². The number of carbonyl (C=O) groups excluding carboxylic acids is 1. The van der Waals surface area contributed by atoms with E-state index in [0.717, 1.165) is 16.5 Å². The predicted octanol–water partition coefficient (Wildman–Crippen LogP) is 4.51. The van der Waals surface area contributed by atoms with Crippen molar-refractivity contribution in [2.75, 3.05) is 11.4 Å². The predicted molar refractivity (Wildman–Crippen MR) is 94.4 cm³/mol. The molecule has 0 atom stereocenters. The summed E-state index contributed by atoms with van der Waals surface area (Å²) >= 11 is 6.15. The van der Waals surface area contributed by atoms with E-state index in [4.69, 9.17) is 16.0 Å². The molecule has 0 N–H and O–H groups in total. The lowest BCUT2D eigenvalue weighted by atomic mass is 10.1. The molecule has 0 aliphatic carbocycles. The molecule has 1 amide bonds. The van der Waals surface area contributed by atoms with Crippen molar-refractivity contribution in [3.05, 3.63) is 68.4 Å². The van der Waals surface area contributed by atoms with Crippen LogP contribution in [-0.4, -0.2) is 17.4 Å². The molecule has 2 aromatic carbocycles. The van der Waals surface area contributed by atoms with Gasteiger partial charge in [-0.05, 0) is 31.0 Å². The number of nitro groups is 1. The number of nitro benzene ring substituents is 1. The average Bonchev–Trinajstić information content (AvgIpc) is 3.16. The minimum Gasteiger partial charge on any atom is -0.449 e. The number of aryl methyl sites for hydroxylation is 1. The van der Waals surface area contributed by atoms with Gasteiger partial charge >= 0.3 is 0 Å². The van der Waals surface area contributed by atoms with Crippen molar-refractivity contribution in [3.63, 3.8) is 0 Å². The van der Waals surface area contributed by atoms with E-state index in [1.165, 1.54) is 12.1 Å². The number of non-ortho nitro benzene ring substituents is 1. The normalized spacial score (nSPS) is 13.3. The highest BCUT2D eigenvalue weighted by molar-refractivity contribution is 6.35. The van der Waals surface area contributed by atoms with Crippen LogP contribution in [0.5, 0.6) is 0 Å². The molecule has 0 saturated heterocycles. The molecule has 7 heteroatoms. The Balaban J connectivity index is 1.76. The third-order valence-electron chi connectivity index (χ3n) is 4.52. The van der Waals surface area contributed by atoms with E-state index in [1.54, 1.807) is 17.0 Å². The first kappa shape index (κ1) is 15.7. The van der Waals surface area contributed by atoms with Gasteiger partial charge in [-0.1, -0.05) is 23.7 Å². The summed E-state index contributed by atoms with van der Waals surface area (Å²) in [5, 5.41) is 12.2. The molecule has 2 heterocycles. The van der Waals surface area contributed by atoms with E-state index in [1.807, 2.05) is 19.1 Å². The molecule has 1 aromatic heterocycles. The minimum absolute atomic E-state index is 0.0275. The minimum atomic E-state index is -0.434. The van der Waals surface area contributed by atoms with Crippen LogP contribution in [0, 0.1) is 17.0 Å². The molecule has 1 aliphatic rings. The third-order valence-corrected chi connectivity index (χ3v) is 4.82. The maximum Gasteiger partial charge on any atom is 0.294 e. The number of carbonyl (C=O) groups is 1. The zero-order valence-corrected chi connectivity index (χ0v) is 14.0. The summed E-state index contributed by atoms with van der Waals surface area (Å²) < 4.78 is 5.75. The summed E-state index contributed by atoms with van der Waals surface area (Å²) in [6, 6.07) is 9.93. The number of para-hydroxylation sites is 1. The Kier molecular flexibility index (Phi) is 3.51. The number of fused-ring (bicyclic) bond motifs is 2. The zero-order valence-electron chi connectivity index (χ0n) is 13.3. The van der Waals surface area contributed by atoms with Gasteiger partial charge in [-0.3, -0.25) is 14.9 Å². The van der Waals surface area contributed by atoms with Crippen molar-refractivity contribution in [3.8, 4) is 0 Å². The highest BCUT2D eigenvalue weighted by Gasteiger charge is 2.30. The van der Waals surface area contributed by atoms with Gasteiger partial charge in [0, 0.05) is 35.3 Å². The molecule has 0 bridgehead atoms. The van der Waals surface area contributed by atoms with E-state index in [9.17, 15) is 14.9 Å². The first-order valence-electron chi connectivity index (χ1n) is 7.74.